The summed E-state index contributed by atoms with van der Waals surface area (Å²) in [6.45, 7) is 3.37. The Morgan fingerprint density at radius 1 is 1.54 bits per heavy atom. The molecule has 3 heteroatoms. The molecule has 2 rings (SSSR count). The molecule has 1 aromatic carbocycles. The SMILES string of the molecule is CC1CNC(c2cccc(Br)c2)S1. The van der Waals surface area contributed by atoms with Crippen LogP contribution in [-0.2, 0) is 0 Å². The van der Waals surface area contributed by atoms with E-state index in [4.69, 9.17) is 0 Å². The third kappa shape index (κ3) is 2.27. The largest absolute Gasteiger partial charge is 0.301 e. The van der Waals surface area contributed by atoms with Crippen LogP contribution in [0.15, 0.2) is 28.7 Å². The van der Waals surface area contributed by atoms with Crippen LogP contribution in [-0.4, -0.2) is 11.8 Å². The highest BCUT2D eigenvalue weighted by atomic mass is 79.9. The fraction of sp³-hybridized carbons (Fsp3) is 0.400. The fourth-order valence-electron chi connectivity index (χ4n) is 1.47. The number of nitrogens with one attached hydrogen (secondary N) is 1. The summed E-state index contributed by atoms with van der Waals surface area (Å²) in [5, 5.41) is 4.70. The molecule has 0 radical (unpaired) electrons. The first-order valence-corrected chi connectivity index (χ1v) is 6.13. The van der Waals surface area contributed by atoms with Crippen LogP contribution in [0.2, 0.25) is 0 Å². The number of rotatable bonds is 1. The van der Waals surface area contributed by atoms with Crippen LogP contribution < -0.4 is 5.32 Å². The first-order chi connectivity index (χ1) is 6.25. The van der Waals surface area contributed by atoms with Gasteiger partial charge in [0.15, 0.2) is 0 Å². The van der Waals surface area contributed by atoms with Gasteiger partial charge in [-0.15, -0.1) is 11.8 Å². The third-order valence-electron chi connectivity index (χ3n) is 2.11. The zero-order valence-corrected chi connectivity index (χ0v) is 9.86. The molecule has 1 N–H and O–H groups in total. The van der Waals surface area contributed by atoms with Gasteiger partial charge in [0.1, 0.15) is 0 Å². The van der Waals surface area contributed by atoms with E-state index in [-0.39, 0.29) is 0 Å². The molecule has 0 amide bonds. The van der Waals surface area contributed by atoms with Crippen molar-refractivity contribution in [2.45, 2.75) is 17.5 Å². The summed E-state index contributed by atoms with van der Waals surface area (Å²) in [7, 11) is 0. The van der Waals surface area contributed by atoms with Gasteiger partial charge in [-0.1, -0.05) is 35.0 Å². The highest BCUT2D eigenvalue weighted by Gasteiger charge is 2.22. The first-order valence-electron chi connectivity index (χ1n) is 4.40. The minimum absolute atomic E-state index is 0.479. The van der Waals surface area contributed by atoms with Crippen molar-refractivity contribution in [1.82, 2.24) is 5.32 Å². The van der Waals surface area contributed by atoms with Crippen LogP contribution in [0.3, 0.4) is 0 Å². The normalized spacial score (nSPS) is 27.8. The van der Waals surface area contributed by atoms with Crippen molar-refractivity contribution in [3.63, 3.8) is 0 Å². The lowest BCUT2D eigenvalue weighted by Crippen LogP contribution is -2.13. The molecule has 0 saturated carbocycles. The highest BCUT2D eigenvalue weighted by molar-refractivity contribution is 9.10. The van der Waals surface area contributed by atoms with Crippen molar-refractivity contribution in [2.75, 3.05) is 6.54 Å². The number of hydrogen-bond donors (Lipinski definition) is 1. The number of hydrogen-bond acceptors (Lipinski definition) is 2. The lowest BCUT2D eigenvalue weighted by atomic mass is 10.2. The minimum Gasteiger partial charge on any atom is -0.301 e. The maximum atomic E-state index is 3.49. The maximum Gasteiger partial charge on any atom is 0.0793 e. The smallest absolute Gasteiger partial charge is 0.0793 e. The molecule has 2 unspecified atom stereocenters. The Balaban J connectivity index is 2.16. The highest BCUT2D eigenvalue weighted by Crippen LogP contribution is 2.35. The van der Waals surface area contributed by atoms with Gasteiger partial charge in [-0.05, 0) is 17.7 Å². The molecule has 1 aromatic rings. The number of benzene rings is 1. The van der Waals surface area contributed by atoms with Crippen LogP contribution in [0.1, 0.15) is 17.9 Å². The van der Waals surface area contributed by atoms with E-state index in [1.165, 1.54) is 5.56 Å². The number of thioether (sulfide) groups is 1. The summed E-state index contributed by atoms with van der Waals surface area (Å²) < 4.78 is 1.16. The molecule has 0 aliphatic carbocycles. The fourth-order valence-corrected chi connectivity index (χ4v) is 3.04. The molecule has 0 bridgehead atoms. The van der Waals surface area contributed by atoms with Gasteiger partial charge in [-0.25, -0.2) is 0 Å². The van der Waals surface area contributed by atoms with Crippen molar-refractivity contribution >= 4 is 27.7 Å². The van der Waals surface area contributed by atoms with Gasteiger partial charge in [-0.2, -0.15) is 0 Å². The molecule has 1 aliphatic heterocycles. The van der Waals surface area contributed by atoms with E-state index >= 15 is 0 Å². The Bertz CT molecular complexity index is 303. The minimum atomic E-state index is 0.479. The predicted molar refractivity (Wildman–Crippen MR) is 61.9 cm³/mol. The molecule has 1 fully saturated rings. The second-order valence-electron chi connectivity index (χ2n) is 3.29. The van der Waals surface area contributed by atoms with Gasteiger partial charge >= 0.3 is 0 Å². The lowest BCUT2D eigenvalue weighted by Gasteiger charge is -2.09. The Labute approximate surface area is 91.4 Å². The molecule has 1 heterocycles. The Hall–Kier alpha value is 0.01000. The van der Waals surface area contributed by atoms with E-state index in [2.05, 4.69) is 52.4 Å². The van der Waals surface area contributed by atoms with Gasteiger partial charge in [0.25, 0.3) is 0 Å². The van der Waals surface area contributed by atoms with Crippen LogP contribution in [0.4, 0.5) is 0 Å². The van der Waals surface area contributed by atoms with E-state index in [1.54, 1.807) is 0 Å². The Morgan fingerprint density at radius 2 is 2.38 bits per heavy atom. The predicted octanol–water partition coefficient (Wildman–Crippen LogP) is 3.17. The molecule has 70 valence electrons. The van der Waals surface area contributed by atoms with Crippen molar-refractivity contribution in [2.24, 2.45) is 0 Å². The molecule has 13 heavy (non-hydrogen) atoms. The average molecular weight is 258 g/mol. The van der Waals surface area contributed by atoms with Gasteiger partial charge < -0.3 is 5.32 Å². The van der Waals surface area contributed by atoms with E-state index in [1.807, 2.05) is 11.8 Å². The third-order valence-corrected chi connectivity index (χ3v) is 3.95. The van der Waals surface area contributed by atoms with Gasteiger partial charge in [0, 0.05) is 16.3 Å². The molecule has 2 atom stereocenters. The zero-order valence-electron chi connectivity index (χ0n) is 7.46. The van der Waals surface area contributed by atoms with Crippen LogP contribution in [0.25, 0.3) is 0 Å². The summed E-state index contributed by atoms with van der Waals surface area (Å²) in [6.07, 6.45) is 0. The zero-order chi connectivity index (χ0) is 9.26. The standard InChI is InChI=1S/C10H12BrNS/c1-7-6-12-10(13-7)8-3-2-4-9(11)5-8/h2-5,7,10,12H,6H2,1H3. The monoisotopic (exact) mass is 257 g/mol. The Morgan fingerprint density at radius 3 is 3.00 bits per heavy atom. The van der Waals surface area contributed by atoms with E-state index in [9.17, 15) is 0 Å². The second kappa shape index (κ2) is 4.03. The van der Waals surface area contributed by atoms with Crippen LogP contribution in [0, 0.1) is 0 Å². The van der Waals surface area contributed by atoms with Gasteiger partial charge in [-0.3, -0.25) is 0 Å². The Kier molecular flexibility index (Phi) is 2.96. The van der Waals surface area contributed by atoms with E-state index in [0.29, 0.717) is 5.37 Å². The van der Waals surface area contributed by atoms with Crippen molar-refractivity contribution in [3.8, 4) is 0 Å². The summed E-state index contributed by atoms with van der Waals surface area (Å²) in [5.41, 5.74) is 1.36. The molecular weight excluding hydrogens is 246 g/mol. The van der Waals surface area contributed by atoms with Crippen LogP contribution >= 0.6 is 27.7 Å². The lowest BCUT2D eigenvalue weighted by molar-refractivity contribution is 0.717. The van der Waals surface area contributed by atoms with Crippen molar-refractivity contribution < 1.29 is 0 Å². The summed E-state index contributed by atoms with van der Waals surface area (Å²) in [5.74, 6) is 0. The summed E-state index contributed by atoms with van der Waals surface area (Å²) in [6, 6.07) is 8.51. The van der Waals surface area contributed by atoms with E-state index < -0.39 is 0 Å². The summed E-state index contributed by atoms with van der Waals surface area (Å²) >= 11 is 5.48. The van der Waals surface area contributed by atoms with E-state index in [0.717, 1.165) is 16.3 Å². The molecule has 1 saturated heterocycles. The quantitative estimate of drug-likeness (QED) is 0.830. The second-order valence-corrected chi connectivity index (χ2v) is 5.75. The summed E-state index contributed by atoms with van der Waals surface area (Å²) in [4.78, 5) is 0. The first kappa shape index (κ1) is 9.56. The van der Waals surface area contributed by atoms with Crippen molar-refractivity contribution in [1.29, 1.82) is 0 Å². The number of halogens is 1. The molecule has 0 spiro atoms. The van der Waals surface area contributed by atoms with Crippen molar-refractivity contribution in [3.05, 3.63) is 34.3 Å². The average Bonchev–Trinajstić information content (AvgIpc) is 2.52. The van der Waals surface area contributed by atoms with Gasteiger partial charge in [0.2, 0.25) is 0 Å². The maximum absolute atomic E-state index is 3.49. The topological polar surface area (TPSA) is 12.0 Å². The van der Waals surface area contributed by atoms with Crippen LogP contribution in [0.5, 0.6) is 0 Å². The van der Waals surface area contributed by atoms with Gasteiger partial charge in [0.05, 0.1) is 5.37 Å². The molecule has 0 aromatic heterocycles. The molecule has 1 nitrogen and oxygen atoms in total. The molecular formula is C10H12BrNS. The molecule has 1 aliphatic rings.